The van der Waals surface area contributed by atoms with E-state index in [1.807, 2.05) is 6.08 Å². The Labute approximate surface area is 143 Å². The first-order valence-electron chi connectivity index (χ1n) is 8.43. The molecule has 0 bridgehead atoms. The van der Waals surface area contributed by atoms with Crippen molar-refractivity contribution in [3.8, 4) is 5.75 Å². The van der Waals surface area contributed by atoms with Gasteiger partial charge in [-0.15, -0.1) is 0 Å². The van der Waals surface area contributed by atoms with E-state index in [-0.39, 0.29) is 0 Å². The minimum Gasteiger partial charge on any atom is -0.490 e. The summed E-state index contributed by atoms with van der Waals surface area (Å²) in [6.45, 7) is 18.7. The molecule has 0 saturated carbocycles. The van der Waals surface area contributed by atoms with Gasteiger partial charge in [-0.05, 0) is 23.7 Å². The van der Waals surface area contributed by atoms with Crippen molar-refractivity contribution < 1.29 is 4.74 Å². The zero-order valence-corrected chi connectivity index (χ0v) is 17.5. The van der Waals surface area contributed by atoms with E-state index >= 15 is 0 Å². The van der Waals surface area contributed by atoms with E-state index in [9.17, 15) is 0 Å². The number of hydrogen-bond acceptors (Lipinski definition) is 1. The first-order valence-corrected chi connectivity index (χ1v) is 14.9. The van der Waals surface area contributed by atoms with Crippen molar-refractivity contribution in [2.45, 2.75) is 46.1 Å². The average Bonchev–Trinajstić information content (AvgIpc) is 2.99. The molecular formula is C20H30OSi2. The third kappa shape index (κ3) is 3.78. The van der Waals surface area contributed by atoms with E-state index < -0.39 is 16.1 Å². The molecule has 0 N–H and O–H groups in total. The van der Waals surface area contributed by atoms with Gasteiger partial charge < -0.3 is 4.74 Å². The van der Waals surface area contributed by atoms with Crippen molar-refractivity contribution in [2.24, 2.45) is 0 Å². The van der Waals surface area contributed by atoms with Crippen molar-refractivity contribution in [3.05, 3.63) is 53.8 Å². The zero-order chi connectivity index (χ0) is 17.3. The van der Waals surface area contributed by atoms with Crippen LogP contribution >= 0.6 is 0 Å². The second-order valence-corrected chi connectivity index (χ2v) is 17.5. The molecule has 0 heterocycles. The maximum absolute atomic E-state index is 6.25. The highest BCUT2D eigenvalue weighted by Gasteiger charge is 2.34. The minimum atomic E-state index is -1.72. The standard InChI is InChI=1S/C20H30OSi2/c1-8-13-21-20-18(22(3,4)5)14-16(2)15-19(20)23(6,7)17-11-9-10-12-17/h8-11,14-15H,1,12-13H2,2-7H3. The van der Waals surface area contributed by atoms with Crippen molar-refractivity contribution >= 4 is 26.5 Å². The third-order valence-electron chi connectivity index (χ3n) is 4.63. The molecule has 0 saturated heterocycles. The van der Waals surface area contributed by atoms with E-state index in [0.29, 0.717) is 6.61 Å². The molecule has 1 aromatic carbocycles. The Morgan fingerprint density at radius 1 is 1.13 bits per heavy atom. The lowest BCUT2D eigenvalue weighted by Crippen LogP contribution is -2.49. The van der Waals surface area contributed by atoms with Gasteiger partial charge in [0, 0.05) is 0 Å². The number of rotatable bonds is 6. The first kappa shape index (κ1) is 18.0. The highest BCUT2D eigenvalue weighted by molar-refractivity contribution is 6.97. The minimum absolute atomic E-state index is 0.579. The Kier molecular flexibility index (Phi) is 5.21. The predicted molar refractivity (Wildman–Crippen MR) is 109 cm³/mol. The lowest BCUT2D eigenvalue weighted by atomic mass is 10.2. The van der Waals surface area contributed by atoms with Gasteiger partial charge in [-0.1, -0.05) is 86.5 Å². The molecule has 0 aliphatic heterocycles. The van der Waals surface area contributed by atoms with Crippen LogP contribution in [0.25, 0.3) is 0 Å². The quantitative estimate of drug-likeness (QED) is 0.548. The van der Waals surface area contributed by atoms with Crippen LogP contribution in [0.1, 0.15) is 12.0 Å². The highest BCUT2D eigenvalue weighted by Crippen LogP contribution is 2.27. The molecule has 2 rings (SSSR count). The summed E-state index contributed by atoms with van der Waals surface area (Å²) in [5.74, 6) is 1.15. The fraction of sp³-hybridized carbons (Fsp3) is 0.400. The summed E-state index contributed by atoms with van der Waals surface area (Å²) < 4.78 is 6.25. The summed E-state index contributed by atoms with van der Waals surface area (Å²) >= 11 is 0. The SMILES string of the molecule is C=CCOc1c([Si](C)(C)C)cc(C)cc1[Si](C)(C)C1=CC=CC1. The molecular weight excluding hydrogens is 312 g/mol. The first-order chi connectivity index (χ1) is 10.7. The van der Waals surface area contributed by atoms with Crippen LogP contribution in [0.15, 0.2) is 48.2 Å². The molecule has 0 atom stereocenters. The lowest BCUT2D eigenvalue weighted by molar-refractivity contribution is 0.368. The normalized spacial score (nSPS) is 14.8. The largest absolute Gasteiger partial charge is 0.490 e. The zero-order valence-electron chi connectivity index (χ0n) is 15.5. The van der Waals surface area contributed by atoms with Crippen molar-refractivity contribution in [3.63, 3.8) is 0 Å². The van der Waals surface area contributed by atoms with Crippen molar-refractivity contribution in [2.75, 3.05) is 6.61 Å². The summed E-state index contributed by atoms with van der Waals surface area (Å²) in [4.78, 5) is 0. The van der Waals surface area contributed by atoms with Gasteiger partial charge in [0.05, 0.1) is 8.07 Å². The van der Waals surface area contributed by atoms with Gasteiger partial charge in [0.2, 0.25) is 0 Å². The Morgan fingerprint density at radius 2 is 1.78 bits per heavy atom. The summed E-state index contributed by atoms with van der Waals surface area (Å²) in [6.07, 6.45) is 9.73. The van der Waals surface area contributed by atoms with Crippen LogP contribution in [0.5, 0.6) is 5.75 Å². The molecule has 124 valence electrons. The predicted octanol–water partition coefficient (Wildman–Crippen LogP) is 4.45. The molecule has 1 aliphatic rings. The molecule has 1 nitrogen and oxygen atoms in total. The van der Waals surface area contributed by atoms with E-state index in [4.69, 9.17) is 4.74 Å². The monoisotopic (exact) mass is 342 g/mol. The molecule has 0 fully saturated rings. The lowest BCUT2D eigenvalue weighted by Gasteiger charge is -2.31. The van der Waals surface area contributed by atoms with E-state index in [2.05, 4.69) is 76.6 Å². The summed E-state index contributed by atoms with van der Waals surface area (Å²) in [5.41, 5.74) is 1.36. The van der Waals surface area contributed by atoms with Crippen LogP contribution in [-0.2, 0) is 0 Å². The molecule has 3 heteroatoms. The molecule has 0 spiro atoms. The molecule has 1 aromatic rings. The smallest absolute Gasteiger partial charge is 0.118 e. The summed E-state index contributed by atoms with van der Waals surface area (Å²) in [5, 5.41) is 4.49. The molecule has 0 unspecified atom stereocenters. The van der Waals surface area contributed by atoms with Crippen molar-refractivity contribution in [1.82, 2.24) is 0 Å². The number of allylic oxidation sites excluding steroid dienone is 4. The summed E-state index contributed by atoms with van der Waals surface area (Å²) in [7, 11) is -3.20. The second-order valence-electron chi connectivity index (χ2n) is 7.99. The fourth-order valence-corrected chi connectivity index (χ4v) is 7.70. The van der Waals surface area contributed by atoms with Crippen LogP contribution in [0.3, 0.4) is 0 Å². The van der Waals surface area contributed by atoms with Crippen LogP contribution in [0.4, 0.5) is 0 Å². The molecule has 23 heavy (non-hydrogen) atoms. The van der Waals surface area contributed by atoms with Crippen molar-refractivity contribution in [1.29, 1.82) is 0 Å². The van der Waals surface area contributed by atoms with E-state index in [0.717, 1.165) is 12.2 Å². The Morgan fingerprint density at radius 3 is 2.30 bits per heavy atom. The van der Waals surface area contributed by atoms with Gasteiger partial charge in [0.15, 0.2) is 0 Å². The average molecular weight is 343 g/mol. The van der Waals surface area contributed by atoms with E-state index in [1.165, 1.54) is 15.9 Å². The van der Waals surface area contributed by atoms with Crippen LogP contribution < -0.4 is 15.1 Å². The van der Waals surface area contributed by atoms with Crippen LogP contribution in [-0.4, -0.2) is 22.8 Å². The Hall–Kier alpha value is -1.33. The fourth-order valence-electron chi connectivity index (χ4n) is 3.18. The molecule has 1 aliphatic carbocycles. The van der Waals surface area contributed by atoms with E-state index in [1.54, 1.807) is 5.20 Å². The van der Waals surface area contributed by atoms with Gasteiger partial charge in [-0.25, -0.2) is 0 Å². The Bertz CT molecular complexity index is 661. The topological polar surface area (TPSA) is 9.23 Å². The van der Waals surface area contributed by atoms with Gasteiger partial charge in [0.1, 0.15) is 20.4 Å². The number of ether oxygens (including phenoxy) is 1. The molecule has 0 aromatic heterocycles. The third-order valence-corrected chi connectivity index (χ3v) is 10.3. The summed E-state index contributed by atoms with van der Waals surface area (Å²) in [6, 6.07) is 4.72. The molecule has 0 amide bonds. The van der Waals surface area contributed by atoms with Gasteiger partial charge >= 0.3 is 0 Å². The molecule has 0 radical (unpaired) electrons. The maximum atomic E-state index is 6.25. The van der Waals surface area contributed by atoms with Gasteiger partial charge in [-0.2, -0.15) is 0 Å². The maximum Gasteiger partial charge on any atom is 0.118 e. The van der Waals surface area contributed by atoms with Gasteiger partial charge in [0.25, 0.3) is 0 Å². The Balaban J connectivity index is 2.65. The number of hydrogen-bond donors (Lipinski definition) is 0. The number of aryl methyl sites for hydroxylation is 1. The van der Waals surface area contributed by atoms with Crippen LogP contribution in [0, 0.1) is 6.92 Å². The number of benzene rings is 1. The second kappa shape index (κ2) is 6.66. The highest BCUT2D eigenvalue weighted by atomic mass is 28.3. The van der Waals surface area contributed by atoms with Gasteiger partial charge in [-0.3, -0.25) is 0 Å². The van der Waals surface area contributed by atoms with Crippen LogP contribution in [0.2, 0.25) is 32.7 Å².